The second-order valence-corrected chi connectivity index (χ2v) is 6.92. The van der Waals surface area contributed by atoms with E-state index in [9.17, 15) is 4.79 Å². The van der Waals surface area contributed by atoms with Crippen molar-refractivity contribution in [3.63, 3.8) is 0 Å². The number of hydrogen-bond donors (Lipinski definition) is 1. The minimum absolute atomic E-state index is 0.377. The van der Waals surface area contributed by atoms with E-state index >= 15 is 0 Å². The lowest BCUT2D eigenvalue weighted by molar-refractivity contribution is 0.558. The predicted octanol–water partition coefficient (Wildman–Crippen LogP) is 4.29. The molecule has 2 heterocycles. The van der Waals surface area contributed by atoms with Crippen LogP contribution in [0.2, 0.25) is 0 Å². The zero-order valence-electron chi connectivity index (χ0n) is 13.0. The summed E-state index contributed by atoms with van der Waals surface area (Å²) in [6, 6.07) is 17.2. The average Bonchev–Trinajstić information content (AvgIpc) is 2.62. The Morgan fingerprint density at radius 3 is 2.64 bits per heavy atom. The molecular weight excluding hydrogens is 400 g/mol. The summed E-state index contributed by atoms with van der Waals surface area (Å²) >= 11 is 8.92. The Hall–Kier alpha value is -2.44. The van der Waals surface area contributed by atoms with Gasteiger partial charge in [0, 0.05) is 22.1 Å². The minimum atomic E-state index is -0.377. The van der Waals surface area contributed by atoms with Crippen LogP contribution in [0.4, 0.5) is 5.69 Å². The molecule has 1 aliphatic heterocycles. The normalized spacial score (nSPS) is 14.4. The van der Waals surface area contributed by atoms with Gasteiger partial charge >= 0.3 is 5.63 Å². The molecule has 1 aromatic heterocycles. The number of anilines is 1. The molecule has 4 nitrogen and oxygen atoms in total. The topological polar surface area (TPSA) is 45.5 Å². The van der Waals surface area contributed by atoms with Gasteiger partial charge in [0.1, 0.15) is 5.58 Å². The third-order valence-corrected chi connectivity index (χ3v) is 4.89. The van der Waals surface area contributed by atoms with Gasteiger partial charge in [-0.1, -0.05) is 34.1 Å². The number of rotatable bonds is 2. The lowest BCUT2D eigenvalue weighted by atomic mass is 10.1. The molecule has 2 aromatic carbocycles. The zero-order valence-corrected chi connectivity index (χ0v) is 15.4. The second-order valence-electron chi connectivity index (χ2n) is 5.62. The molecule has 3 aromatic rings. The van der Waals surface area contributed by atoms with E-state index in [1.807, 2.05) is 59.5 Å². The third kappa shape index (κ3) is 3.10. The summed E-state index contributed by atoms with van der Waals surface area (Å²) in [4.78, 5) is 14.3. The Morgan fingerprint density at radius 2 is 1.88 bits per heavy atom. The largest absolute Gasteiger partial charge is 0.422 e. The second kappa shape index (κ2) is 6.46. The van der Waals surface area contributed by atoms with E-state index in [0.717, 1.165) is 15.5 Å². The maximum Gasteiger partial charge on any atom is 0.345 e. The quantitative estimate of drug-likeness (QED) is 0.502. The van der Waals surface area contributed by atoms with Gasteiger partial charge in [-0.25, -0.2) is 4.79 Å². The Morgan fingerprint density at radius 1 is 1.12 bits per heavy atom. The van der Waals surface area contributed by atoms with Gasteiger partial charge in [-0.15, -0.1) is 0 Å². The van der Waals surface area contributed by atoms with Gasteiger partial charge in [0.05, 0.1) is 11.3 Å². The summed E-state index contributed by atoms with van der Waals surface area (Å²) in [5, 5.41) is 4.57. The molecular formula is C19H13BrN2O2S. The first-order valence-electron chi connectivity index (χ1n) is 7.69. The number of fused-ring (bicyclic) bond motifs is 1. The van der Waals surface area contributed by atoms with Crippen molar-refractivity contribution in [2.75, 3.05) is 11.4 Å². The molecule has 0 aliphatic carbocycles. The molecule has 0 saturated carbocycles. The summed E-state index contributed by atoms with van der Waals surface area (Å²) in [6.07, 6.45) is 1.94. The molecule has 0 spiro atoms. The number of nitrogens with zero attached hydrogens (tertiary/aromatic N) is 1. The molecule has 0 radical (unpaired) electrons. The molecule has 0 atom stereocenters. The van der Waals surface area contributed by atoms with E-state index in [1.165, 1.54) is 0 Å². The zero-order chi connectivity index (χ0) is 17.4. The molecule has 0 unspecified atom stereocenters. The first kappa shape index (κ1) is 16.1. The highest BCUT2D eigenvalue weighted by atomic mass is 79.9. The highest BCUT2D eigenvalue weighted by molar-refractivity contribution is 9.10. The van der Waals surface area contributed by atoms with Crippen molar-refractivity contribution in [3.05, 3.63) is 81.1 Å². The van der Waals surface area contributed by atoms with Crippen LogP contribution in [-0.2, 0) is 0 Å². The Labute approximate surface area is 157 Å². The third-order valence-electron chi connectivity index (χ3n) is 4.03. The predicted molar refractivity (Wildman–Crippen MR) is 108 cm³/mol. The minimum Gasteiger partial charge on any atom is -0.422 e. The molecule has 0 fully saturated rings. The van der Waals surface area contributed by atoms with Crippen LogP contribution in [0.15, 0.2) is 74.4 Å². The van der Waals surface area contributed by atoms with Crippen LogP contribution in [0.25, 0.3) is 16.7 Å². The van der Waals surface area contributed by atoms with Gasteiger partial charge in [-0.2, -0.15) is 0 Å². The van der Waals surface area contributed by atoms with Crippen LogP contribution < -0.4 is 15.8 Å². The fourth-order valence-corrected chi connectivity index (χ4v) is 3.32. The van der Waals surface area contributed by atoms with Gasteiger partial charge < -0.3 is 14.6 Å². The summed E-state index contributed by atoms with van der Waals surface area (Å²) in [5.41, 5.74) is 2.35. The van der Waals surface area contributed by atoms with Crippen molar-refractivity contribution in [2.24, 2.45) is 0 Å². The Balaban J connectivity index is 1.69. The van der Waals surface area contributed by atoms with Gasteiger partial charge in [0.25, 0.3) is 0 Å². The number of hydrogen-bond acceptors (Lipinski definition) is 3. The molecule has 0 saturated heterocycles. The summed E-state index contributed by atoms with van der Waals surface area (Å²) in [5.74, 6) is 0. The molecule has 25 heavy (non-hydrogen) atoms. The smallest absolute Gasteiger partial charge is 0.345 e. The van der Waals surface area contributed by atoms with Crippen LogP contribution in [-0.4, -0.2) is 11.7 Å². The number of thiocarbonyl (C=S) groups is 1. The first-order valence-corrected chi connectivity index (χ1v) is 8.89. The monoisotopic (exact) mass is 412 g/mol. The standard InChI is InChI=1S/C19H13BrN2O2S/c20-13-5-7-14(8-6-13)22-10-9-16(21-19(22)25)15-11-12-3-1-2-4-17(12)24-18(15)23/h1-9,11H,10H2,(H,21,25). The lowest BCUT2D eigenvalue weighted by Crippen LogP contribution is -2.43. The van der Waals surface area contributed by atoms with Crippen molar-refractivity contribution in [1.29, 1.82) is 0 Å². The molecule has 6 heteroatoms. The fraction of sp³-hybridized carbons (Fsp3) is 0.0526. The summed E-state index contributed by atoms with van der Waals surface area (Å²) in [7, 11) is 0. The van der Waals surface area contributed by atoms with Crippen LogP contribution >= 0.6 is 28.1 Å². The number of halogens is 1. The van der Waals surface area contributed by atoms with Crippen molar-refractivity contribution < 1.29 is 4.42 Å². The van der Waals surface area contributed by atoms with Gasteiger partial charge in [0.2, 0.25) is 0 Å². The van der Waals surface area contributed by atoms with Crippen LogP contribution in [0, 0.1) is 0 Å². The van der Waals surface area contributed by atoms with Gasteiger partial charge in [-0.05, 0) is 54.7 Å². The Bertz CT molecular complexity index is 1060. The molecule has 1 N–H and O–H groups in total. The van der Waals surface area contributed by atoms with E-state index in [0.29, 0.717) is 28.5 Å². The lowest BCUT2D eigenvalue weighted by Gasteiger charge is -2.29. The maximum atomic E-state index is 12.3. The highest BCUT2D eigenvalue weighted by Crippen LogP contribution is 2.23. The highest BCUT2D eigenvalue weighted by Gasteiger charge is 2.20. The number of benzene rings is 2. The van der Waals surface area contributed by atoms with E-state index in [4.69, 9.17) is 16.6 Å². The first-order chi connectivity index (χ1) is 12.1. The van der Waals surface area contributed by atoms with Crippen LogP contribution in [0.1, 0.15) is 5.56 Å². The SMILES string of the molecule is O=c1oc2ccccc2cc1C1=CCN(c2ccc(Br)cc2)C(=S)N1. The van der Waals surface area contributed by atoms with Crippen LogP contribution in [0.3, 0.4) is 0 Å². The van der Waals surface area contributed by atoms with Crippen molar-refractivity contribution in [2.45, 2.75) is 0 Å². The average molecular weight is 413 g/mol. The van der Waals surface area contributed by atoms with Gasteiger partial charge in [-0.3, -0.25) is 0 Å². The molecule has 0 bridgehead atoms. The van der Waals surface area contributed by atoms with Crippen molar-refractivity contribution in [1.82, 2.24) is 5.32 Å². The summed E-state index contributed by atoms with van der Waals surface area (Å²) < 4.78 is 6.42. The van der Waals surface area contributed by atoms with E-state index in [2.05, 4.69) is 21.2 Å². The molecule has 4 rings (SSSR count). The van der Waals surface area contributed by atoms with Crippen molar-refractivity contribution >= 4 is 55.6 Å². The molecule has 1 aliphatic rings. The van der Waals surface area contributed by atoms with E-state index < -0.39 is 0 Å². The van der Waals surface area contributed by atoms with E-state index in [1.54, 1.807) is 6.07 Å². The summed E-state index contributed by atoms with van der Waals surface area (Å²) in [6.45, 7) is 0.578. The van der Waals surface area contributed by atoms with Crippen molar-refractivity contribution in [3.8, 4) is 0 Å². The number of para-hydroxylation sites is 1. The van der Waals surface area contributed by atoms with Crippen LogP contribution in [0.5, 0.6) is 0 Å². The molecule has 0 amide bonds. The van der Waals surface area contributed by atoms with E-state index in [-0.39, 0.29) is 5.63 Å². The molecule has 124 valence electrons. The number of nitrogens with one attached hydrogen (secondary N) is 1. The Kier molecular flexibility index (Phi) is 4.15. The van der Waals surface area contributed by atoms with Gasteiger partial charge in [0.15, 0.2) is 5.11 Å². The maximum absolute atomic E-state index is 12.3. The fourth-order valence-electron chi connectivity index (χ4n) is 2.77.